The highest BCUT2D eigenvalue weighted by atomic mass is 19.1. The maximum absolute atomic E-state index is 13.2. The first-order valence-corrected chi connectivity index (χ1v) is 5.75. The molecule has 0 aliphatic heterocycles. The smallest absolute Gasteiger partial charge is 0.125 e. The van der Waals surface area contributed by atoms with Crippen LogP contribution in [0, 0.1) is 5.82 Å². The number of benzene rings is 1. The van der Waals surface area contributed by atoms with Gasteiger partial charge in [0.25, 0.3) is 0 Å². The van der Waals surface area contributed by atoms with Crippen molar-refractivity contribution in [3.63, 3.8) is 0 Å². The summed E-state index contributed by atoms with van der Waals surface area (Å²) in [5.41, 5.74) is 8.66. The van der Waals surface area contributed by atoms with Crippen LogP contribution in [0.4, 0.5) is 10.1 Å². The van der Waals surface area contributed by atoms with Crippen molar-refractivity contribution in [2.24, 2.45) is 0 Å². The van der Waals surface area contributed by atoms with Crippen molar-refractivity contribution in [2.45, 2.75) is 0 Å². The van der Waals surface area contributed by atoms with Crippen molar-refractivity contribution >= 4 is 5.69 Å². The van der Waals surface area contributed by atoms with Gasteiger partial charge < -0.3 is 5.73 Å². The van der Waals surface area contributed by atoms with Gasteiger partial charge in [-0.1, -0.05) is 6.07 Å². The standard InChI is InChI=1S/C14H11FN4/c15-11-2-1-3-12(8-11)19-9-13(16)14(18-19)10-4-6-17-7-5-10/h1-9H,16H2. The van der Waals surface area contributed by atoms with Crippen molar-refractivity contribution in [1.29, 1.82) is 0 Å². The highest BCUT2D eigenvalue weighted by Gasteiger charge is 2.09. The predicted molar refractivity (Wildman–Crippen MR) is 71.2 cm³/mol. The van der Waals surface area contributed by atoms with E-state index >= 15 is 0 Å². The summed E-state index contributed by atoms with van der Waals surface area (Å²) in [6.45, 7) is 0. The predicted octanol–water partition coefficient (Wildman–Crippen LogP) is 2.66. The molecule has 0 unspecified atom stereocenters. The number of hydrogen-bond donors (Lipinski definition) is 1. The third-order valence-electron chi connectivity index (χ3n) is 2.77. The summed E-state index contributed by atoms with van der Waals surface area (Å²) in [5, 5.41) is 4.39. The topological polar surface area (TPSA) is 56.7 Å². The number of nitrogens with two attached hydrogens (primary N) is 1. The Balaban J connectivity index is 2.07. The molecule has 2 aromatic heterocycles. The average molecular weight is 254 g/mol. The van der Waals surface area contributed by atoms with E-state index in [1.165, 1.54) is 12.1 Å². The van der Waals surface area contributed by atoms with Crippen LogP contribution in [0.5, 0.6) is 0 Å². The van der Waals surface area contributed by atoms with Gasteiger partial charge in [0.15, 0.2) is 0 Å². The van der Waals surface area contributed by atoms with Gasteiger partial charge in [0.2, 0.25) is 0 Å². The number of halogens is 1. The van der Waals surface area contributed by atoms with Gasteiger partial charge in [-0.25, -0.2) is 9.07 Å². The molecule has 0 atom stereocenters. The van der Waals surface area contributed by atoms with E-state index < -0.39 is 0 Å². The Labute approximate surface area is 109 Å². The fourth-order valence-electron chi connectivity index (χ4n) is 1.87. The lowest BCUT2D eigenvalue weighted by Gasteiger charge is -2.00. The number of nitrogen functional groups attached to an aromatic ring is 1. The van der Waals surface area contributed by atoms with Gasteiger partial charge in [0.1, 0.15) is 11.5 Å². The molecule has 4 nitrogen and oxygen atoms in total. The zero-order valence-corrected chi connectivity index (χ0v) is 9.99. The molecule has 5 heteroatoms. The molecule has 3 aromatic rings. The maximum atomic E-state index is 13.2. The number of pyridine rings is 1. The van der Waals surface area contributed by atoms with Crippen LogP contribution >= 0.6 is 0 Å². The molecule has 94 valence electrons. The van der Waals surface area contributed by atoms with E-state index in [4.69, 9.17) is 5.73 Å². The summed E-state index contributed by atoms with van der Waals surface area (Å²) in [4.78, 5) is 3.95. The van der Waals surface area contributed by atoms with Crippen molar-refractivity contribution in [3.8, 4) is 16.9 Å². The lowest BCUT2D eigenvalue weighted by Crippen LogP contribution is -1.95. The Morgan fingerprint density at radius 3 is 2.63 bits per heavy atom. The molecule has 2 heterocycles. The second-order valence-corrected chi connectivity index (χ2v) is 4.09. The molecule has 0 saturated carbocycles. The Morgan fingerprint density at radius 1 is 1.11 bits per heavy atom. The summed E-state index contributed by atoms with van der Waals surface area (Å²) in [5.74, 6) is -0.308. The maximum Gasteiger partial charge on any atom is 0.125 e. The Kier molecular flexibility index (Phi) is 2.72. The van der Waals surface area contributed by atoms with E-state index in [0.717, 1.165) is 5.56 Å². The molecule has 0 amide bonds. The Morgan fingerprint density at radius 2 is 1.89 bits per heavy atom. The van der Waals surface area contributed by atoms with Crippen LogP contribution in [0.15, 0.2) is 55.0 Å². The molecule has 3 rings (SSSR count). The molecule has 0 saturated heterocycles. The first-order valence-electron chi connectivity index (χ1n) is 5.75. The van der Waals surface area contributed by atoms with Crippen LogP contribution in [0.3, 0.4) is 0 Å². The molecule has 0 bridgehead atoms. The second kappa shape index (κ2) is 4.53. The lowest BCUT2D eigenvalue weighted by atomic mass is 10.2. The molecule has 0 radical (unpaired) electrons. The molecule has 2 N–H and O–H groups in total. The Bertz CT molecular complexity index is 706. The van der Waals surface area contributed by atoms with Crippen LogP contribution in [0.1, 0.15) is 0 Å². The van der Waals surface area contributed by atoms with Gasteiger partial charge in [-0.3, -0.25) is 4.98 Å². The summed E-state index contributed by atoms with van der Waals surface area (Å²) in [6, 6.07) is 9.85. The van der Waals surface area contributed by atoms with Crippen molar-refractivity contribution in [3.05, 3.63) is 60.8 Å². The van der Waals surface area contributed by atoms with E-state index in [2.05, 4.69) is 10.1 Å². The van der Waals surface area contributed by atoms with Crippen LogP contribution < -0.4 is 5.73 Å². The fraction of sp³-hybridized carbons (Fsp3) is 0. The van der Waals surface area contributed by atoms with E-state index in [1.54, 1.807) is 35.4 Å². The minimum Gasteiger partial charge on any atom is -0.396 e. The SMILES string of the molecule is Nc1cn(-c2cccc(F)c2)nc1-c1ccncc1. The van der Waals surface area contributed by atoms with E-state index in [0.29, 0.717) is 17.1 Å². The minimum atomic E-state index is -0.308. The van der Waals surface area contributed by atoms with Gasteiger partial charge in [-0.2, -0.15) is 5.10 Å². The van der Waals surface area contributed by atoms with E-state index in [-0.39, 0.29) is 5.82 Å². The highest BCUT2D eigenvalue weighted by molar-refractivity contribution is 5.72. The number of aromatic nitrogens is 3. The van der Waals surface area contributed by atoms with E-state index in [9.17, 15) is 4.39 Å². The number of anilines is 1. The third-order valence-corrected chi connectivity index (χ3v) is 2.77. The number of rotatable bonds is 2. The summed E-state index contributed by atoms with van der Waals surface area (Å²) in [7, 11) is 0. The third kappa shape index (κ3) is 2.18. The van der Waals surface area contributed by atoms with Gasteiger partial charge in [-0.15, -0.1) is 0 Å². The van der Waals surface area contributed by atoms with Crippen LogP contribution in [0.25, 0.3) is 16.9 Å². The molecular weight excluding hydrogens is 243 g/mol. The molecule has 0 spiro atoms. The monoisotopic (exact) mass is 254 g/mol. The first-order chi connectivity index (χ1) is 9.24. The largest absolute Gasteiger partial charge is 0.396 e. The summed E-state index contributed by atoms with van der Waals surface area (Å²) >= 11 is 0. The summed E-state index contributed by atoms with van der Waals surface area (Å²) < 4.78 is 14.8. The Hall–Kier alpha value is -2.69. The molecular formula is C14H11FN4. The van der Waals surface area contributed by atoms with Gasteiger partial charge >= 0.3 is 0 Å². The number of hydrogen-bond acceptors (Lipinski definition) is 3. The fourth-order valence-corrected chi connectivity index (χ4v) is 1.87. The van der Waals surface area contributed by atoms with Gasteiger partial charge in [0, 0.05) is 18.0 Å². The van der Waals surface area contributed by atoms with Gasteiger partial charge in [-0.05, 0) is 30.3 Å². The molecule has 19 heavy (non-hydrogen) atoms. The normalized spacial score (nSPS) is 10.6. The molecule has 1 aromatic carbocycles. The highest BCUT2D eigenvalue weighted by Crippen LogP contribution is 2.24. The van der Waals surface area contributed by atoms with Crippen LogP contribution in [0.2, 0.25) is 0 Å². The zero-order valence-electron chi connectivity index (χ0n) is 9.99. The lowest BCUT2D eigenvalue weighted by molar-refractivity contribution is 0.625. The zero-order chi connectivity index (χ0) is 13.2. The minimum absolute atomic E-state index is 0.308. The second-order valence-electron chi connectivity index (χ2n) is 4.09. The van der Waals surface area contributed by atoms with E-state index in [1.807, 2.05) is 12.1 Å². The first kappa shape index (κ1) is 11.4. The average Bonchev–Trinajstić information content (AvgIpc) is 2.82. The van der Waals surface area contributed by atoms with Crippen molar-refractivity contribution in [2.75, 3.05) is 5.73 Å². The molecule has 0 aliphatic rings. The van der Waals surface area contributed by atoms with Crippen LogP contribution in [-0.2, 0) is 0 Å². The number of nitrogens with zero attached hydrogens (tertiary/aromatic N) is 3. The van der Waals surface area contributed by atoms with Gasteiger partial charge in [0.05, 0.1) is 17.6 Å². The quantitative estimate of drug-likeness (QED) is 0.764. The van der Waals surface area contributed by atoms with Crippen molar-refractivity contribution in [1.82, 2.24) is 14.8 Å². The van der Waals surface area contributed by atoms with Crippen molar-refractivity contribution < 1.29 is 4.39 Å². The van der Waals surface area contributed by atoms with Crippen LogP contribution in [-0.4, -0.2) is 14.8 Å². The molecule has 0 aliphatic carbocycles. The molecule has 0 fully saturated rings. The summed E-state index contributed by atoms with van der Waals surface area (Å²) in [6.07, 6.45) is 5.02.